The molecule has 0 aliphatic carbocycles. The summed E-state index contributed by atoms with van der Waals surface area (Å²) in [6.07, 6.45) is -0.404. The number of pyridine rings is 1. The highest BCUT2D eigenvalue weighted by molar-refractivity contribution is 5.69. The normalized spacial score (nSPS) is 23.6. The first-order valence-electron chi connectivity index (χ1n) is 6.75. The van der Waals surface area contributed by atoms with Crippen molar-refractivity contribution >= 4 is 11.9 Å². The molecule has 1 aromatic rings. The predicted molar refractivity (Wildman–Crippen MR) is 71.1 cm³/mol. The number of halogens is 1. The van der Waals surface area contributed by atoms with Gasteiger partial charge in [-0.05, 0) is 12.1 Å². The molecule has 1 unspecified atom stereocenters. The first-order chi connectivity index (χ1) is 9.70. The van der Waals surface area contributed by atoms with Crippen LogP contribution in [0.15, 0.2) is 18.2 Å². The number of cyclic esters (lactones) is 1. The van der Waals surface area contributed by atoms with E-state index in [2.05, 4.69) is 20.1 Å². The highest BCUT2D eigenvalue weighted by Crippen LogP contribution is 2.14. The SMILES string of the molecule is O=C1NCC(CN2CCN(c3cccc(F)n3)CC2)O1. The lowest BCUT2D eigenvalue weighted by Crippen LogP contribution is -2.49. The molecule has 0 bridgehead atoms. The van der Waals surface area contributed by atoms with E-state index in [-0.39, 0.29) is 12.2 Å². The Morgan fingerprint density at radius 2 is 2.15 bits per heavy atom. The van der Waals surface area contributed by atoms with Gasteiger partial charge in [0.2, 0.25) is 5.95 Å². The average molecular weight is 280 g/mol. The number of nitrogens with one attached hydrogen (secondary N) is 1. The third-order valence-electron chi connectivity index (χ3n) is 3.61. The summed E-state index contributed by atoms with van der Waals surface area (Å²) in [6, 6.07) is 4.84. The molecule has 1 amide bonds. The highest BCUT2D eigenvalue weighted by Gasteiger charge is 2.26. The van der Waals surface area contributed by atoms with E-state index in [9.17, 15) is 9.18 Å². The molecule has 1 aromatic heterocycles. The minimum absolute atomic E-state index is 0.0682. The number of hydrogen-bond donors (Lipinski definition) is 1. The first kappa shape index (κ1) is 13.1. The van der Waals surface area contributed by atoms with Crippen LogP contribution in [-0.2, 0) is 4.74 Å². The summed E-state index contributed by atoms with van der Waals surface area (Å²) >= 11 is 0. The summed E-state index contributed by atoms with van der Waals surface area (Å²) in [5.41, 5.74) is 0. The van der Waals surface area contributed by atoms with Gasteiger partial charge in [-0.25, -0.2) is 9.78 Å². The smallest absolute Gasteiger partial charge is 0.407 e. The van der Waals surface area contributed by atoms with Crippen LogP contribution in [0.2, 0.25) is 0 Å². The molecule has 0 spiro atoms. The second-order valence-electron chi connectivity index (χ2n) is 5.01. The molecule has 2 aliphatic heterocycles. The van der Waals surface area contributed by atoms with Gasteiger partial charge in [-0.3, -0.25) is 4.90 Å². The zero-order valence-electron chi connectivity index (χ0n) is 11.1. The maximum atomic E-state index is 13.1. The maximum Gasteiger partial charge on any atom is 0.407 e. The van der Waals surface area contributed by atoms with Gasteiger partial charge in [0.05, 0.1) is 6.54 Å². The van der Waals surface area contributed by atoms with Crippen LogP contribution < -0.4 is 10.2 Å². The molecule has 0 radical (unpaired) electrons. The quantitative estimate of drug-likeness (QED) is 0.815. The topological polar surface area (TPSA) is 57.7 Å². The first-order valence-corrected chi connectivity index (χ1v) is 6.75. The number of carbonyl (C=O) groups excluding carboxylic acids is 1. The monoisotopic (exact) mass is 280 g/mol. The van der Waals surface area contributed by atoms with Gasteiger partial charge in [0.15, 0.2) is 0 Å². The van der Waals surface area contributed by atoms with Crippen LogP contribution >= 0.6 is 0 Å². The maximum absolute atomic E-state index is 13.1. The van der Waals surface area contributed by atoms with Crippen LogP contribution in [0.3, 0.4) is 0 Å². The van der Waals surface area contributed by atoms with Crippen molar-refractivity contribution in [3.05, 3.63) is 24.1 Å². The van der Waals surface area contributed by atoms with E-state index in [1.54, 1.807) is 6.07 Å². The van der Waals surface area contributed by atoms with E-state index in [1.165, 1.54) is 6.07 Å². The summed E-state index contributed by atoms with van der Waals surface area (Å²) in [4.78, 5) is 19.2. The average Bonchev–Trinajstić information content (AvgIpc) is 2.85. The molecule has 108 valence electrons. The Balaban J connectivity index is 1.50. The Kier molecular flexibility index (Phi) is 3.68. The number of nitrogens with zero attached hydrogens (tertiary/aromatic N) is 3. The standard InChI is InChI=1S/C13H17FN4O2/c14-11-2-1-3-12(16-11)18-6-4-17(5-7-18)9-10-8-15-13(19)20-10/h1-3,10H,4-9H2,(H,15,19). The molecule has 7 heteroatoms. The second-order valence-corrected chi connectivity index (χ2v) is 5.01. The van der Waals surface area contributed by atoms with Crippen molar-refractivity contribution in [2.24, 2.45) is 0 Å². The van der Waals surface area contributed by atoms with Crippen LogP contribution in [0.4, 0.5) is 15.0 Å². The number of aromatic nitrogens is 1. The Morgan fingerprint density at radius 1 is 1.35 bits per heavy atom. The lowest BCUT2D eigenvalue weighted by atomic mass is 10.2. The van der Waals surface area contributed by atoms with Gasteiger partial charge in [0.1, 0.15) is 11.9 Å². The molecule has 20 heavy (non-hydrogen) atoms. The van der Waals surface area contributed by atoms with Gasteiger partial charge in [-0.2, -0.15) is 4.39 Å². The summed E-state index contributed by atoms with van der Waals surface area (Å²) in [7, 11) is 0. The van der Waals surface area contributed by atoms with Gasteiger partial charge in [0, 0.05) is 32.7 Å². The molecule has 3 heterocycles. The molecule has 3 rings (SSSR count). The van der Waals surface area contributed by atoms with Crippen molar-refractivity contribution in [1.29, 1.82) is 0 Å². The Bertz CT molecular complexity index is 491. The van der Waals surface area contributed by atoms with Crippen molar-refractivity contribution in [2.45, 2.75) is 6.10 Å². The fourth-order valence-electron chi connectivity index (χ4n) is 2.55. The summed E-state index contributed by atoms with van der Waals surface area (Å²) < 4.78 is 18.2. The second kappa shape index (κ2) is 5.62. The van der Waals surface area contributed by atoms with Gasteiger partial charge >= 0.3 is 6.09 Å². The van der Waals surface area contributed by atoms with E-state index in [0.717, 1.165) is 32.7 Å². The molecule has 1 atom stereocenters. The fourth-order valence-corrected chi connectivity index (χ4v) is 2.55. The molecule has 2 aliphatic rings. The van der Waals surface area contributed by atoms with E-state index >= 15 is 0 Å². The Labute approximate surface area is 116 Å². The third kappa shape index (κ3) is 2.98. The van der Waals surface area contributed by atoms with Gasteiger partial charge in [-0.15, -0.1) is 0 Å². The molecular formula is C13H17FN4O2. The van der Waals surface area contributed by atoms with E-state index in [1.807, 2.05) is 6.07 Å². The lowest BCUT2D eigenvalue weighted by molar-refractivity contribution is 0.106. The number of anilines is 1. The fraction of sp³-hybridized carbons (Fsp3) is 0.538. The van der Waals surface area contributed by atoms with Crippen LogP contribution in [0.1, 0.15) is 0 Å². The van der Waals surface area contributed by atoms with Crippen molar-refractivity contribution < 1.29 is 13.9 Å². The zero-order valence-corrected chi connectivity index (χ0v) is 11.1. The number of carbonyl (C=O) groups is 1. The highest BCUT2D eigenvalue weighted by atomic mass is 19.1. The number of piperazine rings is 1. The Hall–Kier alpha value is -1.89. The largest absolute Gasteiger partial charge is 0.443 e. The van der Waals surface area contributed by atoms with E-state index in [4.69, 9.17) is 4.74 Å². The molecule has 0 saturated carbocycles. The third-order valence-corrected chi connectivity index (χ3v) is 3.61. The molecular weight excluding hydrogens is 263 g/mol. The summed E-state index contributed by atoms with van der Waals surface area (Å²) in [6.45, 7) is 4.61. The van der Waals surface area contributed by atoms with Gasteiger partial charge in [0.25, 0.3) is 0 Å². The zero-order chi connectivity index (χ0) is 13.9. The summed E-state index contributed by atoms with van der Waals surface area (Å²) in [5.74, 6) is 0.229. The number of ether oxygens (including phenoxy) is 1. The number of rotatable bonds is 3. The number of hydrogen-bond acceptors (Lipinski definition) is 5. The number of amides is 1. The van der Waals surface area contributed by atoms with E-state index in [0.29, 0.717) is 12.4 Å². The van der Waals surface area contributed by atoms with Crippen molar-refractivity contribution in [3.8, 4) is 0 Å². The minimum Gasteiger partial charge on any atom is -0.443 e. The lowest BCUT2D eigenvalue weighted by Gasteiger charge is -2.35. The molecule has 2 fully saturated rings. The van der Waals surface area contributed by atoms with Crippen LogP contribution in [-0.4, -0.2) is 61.3 Å². The van der Waals surface area contributed by atoms with Gasteiger partial charge < -0.3 is 15.0 Å². The van der Waals surface area contributed by atoms with Gasteiger partial charge in [-0.1, -0.05) is 6.07 Å². The van der Waals surface area contributed by atoms with Crippen LogP contribution in [0, 0.1) is 5.95 Å². The van der Waals surface area contributed by atoms with Crippen molar-refractivity contribution in [1.82, 2.24) is 15.2 Å². The predicted octanol–water partition coefficient (Wildman–Crippen LogP) is 0.451. The van der Waals surface area contributed by atoms with Crippen molar-refractivity contribution in [2.75, 3.05) is 44.2 Å². The minimum atomic E-state index is -0.450. The molecule has 2 saturated heterocycles. The van der Waals surface area contributed by atoms with Crippen LogP contribution in [0.25, 0.3) is 0 Å². The van der Waals surface area contributed by atoms with E-state index < -0.39 is 5.95 Å². The molecule has 6 nitrogen and oxygen atoms in total. The summed E-state index contributed by atoms with van der Waals surface area (Å²) in [5, 5.41) is 2.65. The number of alkyl carbamates (subject to hydrolysis) is 1. The molecule has 0 aromatic carbocycles. The van der Waals surface area contributed by atoms with Crippen molar-refractivity contribution in [3.63, 3.8) is 0 Å². The Morgan fingerprint density at radius 3 is 2.80 bits per heavy atom. The molecule has 1 N–H and O–H groups in total. The van der Waals surface area contributed by atoms with Crippen LogP contribution in [0.5, 0.6) is 0 Å².